The van der Waals surface area contributed by atoms with Crippen molar-refractivity contribution in [3.8, 4) is 0 Å². The van der Waals surface area contributed by atoms with Crippen molar-refractivity contribution in [1.82, 2.24) is 0 Å². The van der Waals surface area contributed by atoms with E-state index < -0.39 is 0 Å². The predicted octanol–water partition coefficient (Wildman–Crippen LogP) is 2.06. The summed E-state index contributed by atoms with van der Waals surface area (Å²) in [6, 6.07) is 7.67. The van der Waals surface area contributed by atoms with Crippen molar-refractivity contribution in [1.29, 1.82) is 0 Å². The van der Waals surface area contributed by atoms with Crippen molar-refractivity contribution in [3.05, 3.63) is 29.8 Å². The maximum absolute atomic E-state index is 11.4. The molecule has 0 aliphatic carbocycles. The first-order valence-electron chi connectivity index (χ1n) is 5.82. The van der Waals surface area contributed by atoms with Crippen LogP contribution in [0.1, 0.15) is 23.2 Å². The molecule has 4 nitrogen and oxygen atoms in total. The molecule has 0 saturated carbocycles. The van der Waals surface area contributed by atoms with Gasteiger partial charge in [0.05, 0.1) is 19.3 Å². The quantitative estimate of drug-likeness (QED) is 0.815. The standard InChI is InChI=1S/C13H17NO3/c1-16-13(15)10-4-2-5-11(8-10)14-12-6-3-7-17-9-12/h2,4-5,8,12,14H,3,6-7,9H2,1H3. The van der Waals surface area contributed by atoms with Crippen LogP contribution in [0.5, 0.6) is 0 Å². The van der Waals surface area contributed by atoms with E-state index in [-0.39, 0.29) is 5.97 Å². The second-order valence-corrected chi connectivity index (χ2v) is 4.13. The lowest BCUT2D eigenvalue weighted by Gasteiger charge is -2.24. The molecule has 0 amide bonds. The summed E-state index contributed by atoms with van der Waals surface area (Å²) in [6.45, 7) is 1.57. The van der Waals surface area contributed by atoms with Gasteiger partial charge in [-0.05, 0) is 31.0 Å². The molecule has 0 radical (unpaired) electrons. The number of methoxy groups -OCH3 is 1. The Morgan fingerprint density at radius 1 is 1.53 bits per heavy atom. The number of hydrogen-bond acceptors (Lipinski definition) is 4. The Bertz CT molecular complexity index is 386. The second kappa shape index (κ2) is 5.68. The molecule has 0 aromatic heterocycles. The molecule has 17 heavy (non-hydrogen) atoms. The highest BCUT2D eigenvalue weighted by molar-refractivity contribution is 5.90. The maximum atomic E-state index is 11.4. The van der Waals surface area contributed by atoms with Crippen molar-refractivity contribution in [2.24, 2.45) is 0 Å². The minimum atomic E-state index is -0.312. The van der Waals surface area contributed by atoms with Crippen molar-refractivity contribution in [3.63, 3.8) is 0 Å². The molecule has 1 aromatic rings. The van der Waals surface area contributed by atoms with Gasteiger partial charge in [-0.1, -0.05) is 6.07 Å². The maximum Gasteiger partial charge on any atom is 0.337 e. The fourth-order valence-electron chi connectivity index (χ4n) is 1.94. The predicted molar refractivity (Wildman–Crippen MR) is 65.2 cm³/mol. The molecule has 1 N–H and O–H groups in total. The minimum absolute atomic E-state index is 0.312. The fourth-order valence-corrected chi connectivity index (χ4v) is 1.94. The highest BCUT2D eigenvalue weighted by Gasteiger charge is 2.14. The molecule has 1 aliphatic rings. The SMILES string of the molecule is COC(=O)c1cccc(NC2CCCOC2)c1. The third-order valence-electron chi connectivity index (χ3n) is 2.81. The van der Waals surface area contributed by atoms with Crippen LogP contribution in [0.4, 0.5) is 5.69 Å². The summed E-state index contributed by atoms with van der Waals surface area (Å²) in [7, 11) is 1.39. The van der Waals surface area contributed by atoms with Crippen LogP contribution in [0.2, 0.25) is 0 Å². The normalized spacial score (nSPS) is 19.7. The van der Waals surface area contributed by atoms with Crippen LogP contribution in [0, 0.1) is 0 Å². The summed E-state index contributed by atoms with van der Waals surface area (Å²) in [5.74, 6) is -0.312. The summed E-state index contributed by atoms with van der Waals surface area (Å²) in [4.78, 5) is 11.4. The Kier molecular flexibility index (Phi) is 3.98. The lowest BCUT2D eigenvalue weighted by atomic mass is 10.1. The van der Waals surface area contributed by atoms with Crippen molar-refractivity contribution >= 4 is 11.7 Å². The molecule has 2 rings (SSSR count). The summed E-state index contributed by atoms with van der Waals surface area (Å²) in [5.41, 5.74) is 1.50. The molecule has 4 heteroatoms. The van der Waals surface area contributed by atoms with E-state index in [0.717, 1.165) is 31.7 Å². The van der Waals surface area contributed by atoms with Gasteiger partial charge < -0.3 is 14.8 Å². The van der Waals surface area contributed by atoms with Crippen molar-refractivity contribution in [2.45, 2.75) is 18.9 Å². The third-order valence-corrected chi connectivity index (χ3v) is 2.81. The largest absolute Gasteiger partial charge is 0.465 e. The zero-order chi connectivity index (χ0) is 12.1. The van der Waals surface area contributed by atoms with Crippen LogP contribution in [-0.4, -0.2) is 32.3 Å². The van der Waals surface area contributed by atoms with E-state index >= 15 is 0 Å². The van der Waals surface area contributed by atoms with Gasteiger partial charge in [0, 0.05) is 18.3 Å². The average Bonchev–Trinajstić information content (AvgIpc) is 2.39. The van der Waals surface area contributed by atoms with Gasteiger partial charge in [-0.3, -0.25) is 0 Å². The second-order valence-electron chi connectivity index (χ2n) is 4.13. The zero-order valence-corrected chi connectivity index (χ0v) is 9.94. The molecule has 1 saturated heterocycles. The average molecular weight is 235 g/mol. The molecule has 1 fully saturated rings. The van der Waals surface area contributed by atoms with E-state index in [1.54, 1.807) is 12.1 Å². The number of benzene rings is 1. The smallest absolute Gasteiger partial charge is 0.337 e. The molecule has 0 spiro atoms. The van der Waals surface area contributed by atoms with Crippen LogP contribution in [0.25, 0.3) is 0 Å². The monoisotopic (exact) mass is 235 g/mol. The van der Waals surface area contributed by atoms with Crippen LogP contribution in [0.3, 0.4) is 0 Å². The topological polar surface area (TPSA) is 47.6 Å². The number of hydrogen-bond donors (Lipinski definition) is 1. The number of carbonyl (C=O) groups is 1. The Hall–Kier alpha value is -1.55. The first-order chi connectivity index (χ1) is 8.29. The molecule has 1 unspecified atom stereocenters. The number of ether oxygens (including phenoxy) is 2. The Balaban J connectivity index is 2.02. The molecule has 92 valence electrons. The van der Waals surface area contributed by atoms with Gasteiger partial charge in [-0.15, -0.1) is 0 Å². The van der Waals surface area contributed by atoms with Crippen molar-refractivity contribution < 1.29 is 14.3 Å². The lowest BCUT2D eigenvalue weighted by Crippen LogP contribution is -2.29. The first kappa shape index (κ1) is 11.9. The number of esters is 1. The van der Waals surface area contributed by atoms with E-state index in [1.165, 1.54) is 7.11 Å². The number of rotatable bonds is 3. The van der Waals surface area contributed by atoms with Gasteiger partial charge in [-0.25, -0.2) is 4.79 Å². The van der Waals surface area contributed by atoms with Gasteiger partial charge >= 0.3 is 5.97 Å². The number of anilines is 1. The number of nitrogens with one attached hydrogen (secondary N) is 1. The summed E-state index contributed by atoms with van der Waals surface area (Å²) < 4.78 is 10.1. The lowest BCUT2D eigenvalue weighted by molar-refractivity contribution is 0.0601. The first-order valence-corrected chi connectivity index (χ1v) is 5.82. The van der Waals surface area contributed by atoms with Gasteiger partial charge in [0.2, 0.25) is 0 Å². The zero-order valence-electron chi connectivity index (χ0n) is 9.94. The molecular weight excluding hydrogens is 218 g/mol. The van der Waals surface area contributed by atoms with E-state index in [2.05, 4.69) is 10.1 Å². The van der Waals surface area contributed by atoms with E-state index in [4.69, 9.17) is 4.74 Å². The summed E-state index contributed by atoms with van der Waals surface area (Å²) >= 11 is 0. The minimum Gasteiger partial charge on any atom is -0.465 e. The van der Waals surface area contributed by atoms with Crippen LogP contribution < -0.4 is 5.32 Å². The summed E-state index contributed by atoms with van der Waals surface area (Å²) in [6.07, 6.45) is 2.18. The molecular formula is C13H17NO3. The molecule has 1 aromatic carbocycles. The molecule has 1 atom stereocenters. The van der Waals surface area contributed by atoms with Gasteiger partial charge in [0.1, 0.15) is 0 Å². The summed E-state index contributed by atoms with van der Waals surface area (Å²) in [5, 5.41) is 3.37. The van der Waals surface area contributed by atoms with Crippen LogP contribution in [-0.2, 0) is 9.47 Å². The highest BCUT2D eigenvalue weighted by Crippen LogP contribution is 2.16. The Labute approximate surface area is 101 Å². The Morgan fingerprint density at radius 2 is 2.41 bits per heavy atom. The van der Waals surface area contributed by atoms with Crippen LogP contribution in [0.15, 0.2) is 24.3 Å². The third kappa shape index (κ3) is 3.20. The van der Waals surface area contributed by atoms with E-state index in [0.29, 0.717) is 11.6 Å². The highest BCUT2D eigenvalue weighted by atomic mass is 16.5. The Morgan fingerprint density at radius 3 is 3.12 bits per heavy atom. The van der Waals surface area contributed by atoms with Crippen molar-refractivity contribution in [2.75, 3.05) is 25.6 Å². The molecule has 0 bridgehead atoms. The molecule has 1 aliphatic heterocycles. The van der Waals surface area contributed by atoms with E-state index in [9.17, 15) is 4.79 Å². The van der Waals surface area contributed by atoms with Gasteiger partial charge in [-0.2, -0.15) is 0 Å². The molecule has 1 heterocycles. The van der Waals surface area contributed by atoms with Gasteiger partial charge in [0.25, 0.3) is 0 Å². The fraction of sp³-hybridized carbons (Fsp3) is 0.462. The number of carbonyl (C=O) groups excluding carboxylic acids is 1. The van der Waals surface area contributed by atoms with Crippen LogP contribution >= 0.6 is 0 Å². The van der Waals surface area contributed by atoms with Gasteiger partial charge in [0.15, 0.2) is 0 Å². The van der Waals surface area contributed by atoms with E-state index in [1.807, 2.05) is 12.1 Å².